The van der Waals surface area contributed by atoms with Crippen LogP contribution >= 0.6 is 11.3 Å². The van der Waals surface area contributed by atoms with E-state index in [2.05, 4.69) is 14.9 Å². The second-order valence-electron chi connectivity index (χ2n) is 7.79. The number of thiophene rings is 1. The summed E-state index contributed by atoms with van der Waals surface area (Å²) in [6.07, 6.45) is 1.30. The molecule has 1 aliphatic heterocycles. The lowest BCUT2D eigenvalue weighted by atomic mass is 10.1. The first-order valence-electron chi connectivity index (χ1n) is 10.1. The molecular formula is C21H25N5O3S2. The normalized spacial score (nSPS) is 16.9. The minimum atomic E-state index is -3.66. The van der Waals surface area contributed by atoms with E-state index in [-0.39, 0.29) is 16.8 Å². The van der Waals surface area contributed by atoms with Crippen LogP contribution in [0.2, 0.25) is 0 Å². The monoisotopic (exact) mass is 459 g/mol. The van der Waals surface area contributed by atoms with Gasteiger partial charge in [0.05, 0.1) is 16.3 Å². The highest BCUT2D eigenvalue weighted by molar-refractivity contribution is 7.89. The number of nitrogens with two attached hydrogens (primary N) is 1. The fourth-order valence-electron chi connectivity index (χ4n) is 3.80. The van der Waals surface area contributed by atoms with Crippen molar-refractivity contribution in [2.24, 2.45) is 0 Å². The summed E-state index contributed by atoms with van der Waals surface area (Å²) in [7, 11) is -3.66. The van der Waals surface area contributed by atoms with Gasteiger partial charge in [0.1, 0.15) is 9.71 Å². The average molecular weight is 460 g/mol. The number of anilines is 1. The van der Waals surface area contributed by atoms with Crippen molar-refractivity contribution in [1.29, 1.82) is 0 Å². The first-order chi connectivity index (χ1) is 14.7. The molecule has 1 aromatic carbocycles. The van der Waals surface area contributed by atoms with Gasteiger partial charge in [0.25, 0.3) is 5.91 Å². The lowest BCUT2D eigenvalue weighted by Gasteiger charge is -2.17. The molecule has 0 spiro atoms. The zero-order valence-corrected chi connectivity index (χ0v) is 19.3. The van der Waals surface area contributed by atoms with Crippen LogP contribution in [0.1, 0.15) is 39.8 Å². The van der Waals surface area contributed by atoms with Crippen LogP contribution in [0.5, 0.6) is 0 Å². The molecule has 1 amide bonds. The van der Waals surface area contributed by atoms with Gasteiger partial charge in [-0.2, -0.15) is 5.10 Å². The van der Waals surface area contributed by atoms with E-state index in [0.717, 1.165) is 28.6 Å². The number of likely N-dealkylation sites (tertiary alicyclic amines) is 1. The van der Waals surface area contributed by atoms with Gasteiger partial charge in [-0.05, 0) is 49.9 Å². The van der Waals surface area contributed by atoms with Crippen molar-refractivity contribution >= 4 is 43.2 Å². The lowest BCUT2D eigenvalue weighted by molar-refractivity contribution is 0.0796. The highest BCUT2D eigenvalue weighted by Gasteiger charge is 2.32. The molecule has 8 nitrogen and oxygen atoms in total. The molecule has 164 valence electrons. The third kappa shape index (κ3) is 4.02. The number of carbonyl (C=O) groups is 1. The number of aryl methyl sites for hydroxylation is 3. The molecule has 1 unspecified atom stereocenters. The van der Waals surface area contributed by atoms with E-state index in [0.29, 0.717) is 34.9 Å². The molecule has 1 aliphatic rings. The maximum Gasteiger partial charge on any atom is 0.266 e. The Bertz CT molecular complexity index is 1270. The van der Waals surface area contributed by atoms with Crippen LogP contribution in [0.3, 0.4) is 0 Å². The van der Waals surface area contributed by atoms with Crippen LogP contribution in [-0.2, 0) is 16.4 Å². The summed E-state index contributed by atoms with van der Waals surface area (Å²) in [6.45, 7) is 6.50. The van der Waals surface area contributed by atoms with Crippen molar-refractivity contribution in [2.75, 3.05) is 18.8 Å². The third-order valence-corrected chi connectivity index (χ3v) is 8.34. The number of nitrogen functional groups attached to an aromatic ring is 1. The molecule has 0 aliphatic carbocycles. The summed E-state index contributed by atoms with van der Waals surface area (Å²) in [5, 5.41) is 9.06. The van der Waals surface area contributed by atoms with Crippen LogP contribution < -0.4 is 10.5 Å². The summed E-state index contributed by atoms with van der Waals surface area (Å²) >= 11 is 1.23. The number of hydrogen-bond acceptors (Lipinski definition) is 7. The Morgan fingerprint density at radius 2 is 2.10 bits per heavy atom. The number of aromatic nitrogens is 2. The Kier molecular flexibility index (Phi) is 5.71. The molecule has 1 fully saturated rings. The van der Waals surface area contributed by atoms with E-state index in [9.17, 15) is 13.2 Å². The van der Waals surface area contributed by atoms with Crippen LogP contribution in [0.4, 0.5) is 5.69 Å². The van der Waals surface area contributed by atoms with Gasteiger partial charge in [0, 0.05) is 24.5 Å². The summed E-state index contributed by atoms with van der Waals surface area (Å²) in [5.74, 6) is -0.202. The van der Waals surface area contributed by atoms with Crippen molar-refractivity contribution in [3.8, 4) is 0 Å². The Hall–Kier alpha value is -2.56. The van der Waals surface area contributed by atoms with Gasteiger partial charge in [-0.1, -0.05) is 19.1 Å². The number of amides is 1. The minimum absolute atomic E-state index is 0.202. The molecule has 0 bridgehead atoms. The van der Waals surface area contributed by atoms with E-state index in [1.807, 2.05) is 26.8 Å². The van der Waals surface area contributed by atoms with E-state index in [4.69, 9.17) is 5.73 Å². The van der Waals surface area contributed by atoms with E-state index in [1.54, 1.807) is 23.1 Å². The molecule has 1 atom stereocenters. The van der Waals surface area contributed by atoms with Gasteiger partial charge in [0.15, 0.2) is 0 Å². The van der Waals surface area contributed by atoms with Crippen LogP contribution in [-0.4, -0.2) is 48.6 Å². The van der Waals surface area contributed by atoms with Gasteiger partial charge >= 0.3 is 0 Å². The van der Waals surface area contributed by atoms with Gasteiger partial charge in [0.2, 0.25) is 10.0 Å². The predicted molar refractivity (Wildman–Crippen MR) is 122 cm³/mol. The van der Waals surface area contributed by atoms with Crippen LogP contribution in [0.15, 0.2) is 29.2 Å². The standard InChI is InChI=1S/C21H25N5O3S2/c1-4-14-6-5-7-16(10-14)31(28,29)25-15-8-9-26(11-15)21(27)19-18(22)17-12(2)13(3)23-24-20(17)30-19/h5-7,10,15,25H,4,8-9,11,22H2,1-3H3. The molecule has 3 N–H and O–H groups in total. The first kappa shape index (κ1) is 21.7. The maximum atomic E-state index is 13.1. The van der Waals surface area contributed by atoms with Gasteiger partial charge in [-0.25, -0.2) is 13.1 Å². The smallest absolute Gasteiger partial charge is 0.266 e. The Balaban J connectivity index is 1.51. The summed E-state index contributed by atoms with van der Waals surface area (Å²) < 4.78 is 28.3. The second-order valence-corrected chi connectivity index (χ2v) is 10.5. The molecule has 3 aromatic rings. The summed E-state index contributed by atoms with van der Waals surface area (Å²) in [5.41, 5.74) is 9.37. The zero-order valence-electron chi connectivity index (χ0n) is 17.7. The number of benzene rings is 1. The fraction of sp³-hybridized carbons (Fsp3) is 0.381. The number of fused-ring (bicyclic) bond motifs is 1. The molecule has 1 saturated heterocycles. The number of sulfonamides is 1. The van der Waals surface area contributed by atoms with Crippen molar-refractivity contribution in [2.45, 2.75) is 44.6 Å². The average Bonchev–Trinajstić information content (AvgIpc) is 3.34. The lowest BCUT2D eigenvalue weighted by Crippen LogP contribution is -2.38. The molecular weight excluding hydrogens is 434 g/mol. The third-order valence-electron chi connectivity index (χ3n) is 5.74. The Morgan fingerprint density at radius 1 is 1.32 bits per heavy atom. The highest BCUT2D eigenvalue weighted by Crippen LogP contribution is 2.36. The van der Waals surface area contributed by atoms with Crippen LogP contribution in [0, 0.1) is 13.8 Å². The molecule has 0 radical (unpaired) electrons. The topological polar surface area (TPSA) is 118 Å². The number of hydrogen-bond donors (Lipinski definition) is 2. The van der Waals surface area contributed by atoms with E-state index in [1.165, 1.54) is 11.3 Å². The van der Waals surface area contributed by atoms with Crippen molar-refractivity contribution in [1.82, 2.24) is 19.8 Å². The zero-order chi connectivity index (χ0) is 22.3. The Labute approximate surface area is 185 Å². The molecule has 3 heterocycles. The molecule has 4 rings (SSSR count). The molecule has 0 saturated carbocycles. The first-order valence-corrected chi connectivity index (χ1v) is 12.4. The predicted octanol–water partition coefficient (Wildman–Crippen LogP) is 2.65. The van der Waals surface area contributed by atoms with E-state index >= 15 is 0 Å². The van der Waals surface area contributed by atoms with Crippen LogP contribution in [0.25, 0.3) is 10.2 Å². The maximum absolute atomic E-state index is 13.1. The number of nitrogens with one attached hydrogen (secondary N) is 1. The minimum Gasteiger partial charge on any atom is -0.397 e. The van der Waals surface area contributed by atoms with Gasteiger partial charge in [-0.3, -0.25) is 4.79 Å². The molecule has 2 aromatic heterocycles. The molecule has 31 heavy (non-hydrogen) atoms. The number of nitrogens with zero attached hydrogens (tertiary/aromatic N) is 3. The SMILES string of the molecule is CCc1cccc(S(=O)(=O)NC2CCN(C(=O)c3sc4nnc(C)c(C)c4c3N)C2)c1. The van der Waals surface area contributed by atoms with Crippen molar-refractivity contribution in [3.05, 3.63) is 46.0 Å². The number of rotatable bonds is 5. The van der Waals surface area contributed by atoms with Gasteiger partial charge < -0.3 is 10.6 Å². The second kappa shape index (κ2) is 8.18. The largest absolute Gasteiger partial charge is 0.397 e. The summed E-state index contributed by atoms with van der Waals surface area (Å²) in [6, 6.07) is 6.57. The quantitative estimate of drug-likeness (QED) is 0.606. The van der Waals surface area contributed by atoms with E-state index < -0.39 is 10.0 Å². The highest BCUT2D eigenvalue weighted by atomic mass is 32.2. The fourth-order valence-corrected chi connectivity index (χ4v) is 6.20. The number of carbonyl (C=O) groups excluding carboxylic acids is 1. The van der Waals surface area contributed by atoms with Gasteiger partial charge in [-0.15, -0.1) is 16.4 Å². The Morgan fingerprint density at radius 3 is 2.84 bits per heavy atom. The van der Waals surface area contributed by atoms with Crippen molar-refractivity contribution in [3.63, 3.8) is 0 Å². The summed E-state index contributed by atoms with van der Waals surface area (Å²) in [4.78, 5) is 16.1. The molecule has 10 heteroatoms. The van der Waals surface area contributed by atoms with Crippen molar-refractivity contribution < 1.29 is 13.2 Å².